The van der Waals surface area contributed by atoms with Crippen molar-refractivity contribution in [1.29, 1.82) is 0 Å². The molecule has 0 aliphatic carbocycles. The van der Waals surface area contributed by atoms with Gasteiger partial charge in [0.1, 0.15) is 10.8 Å². The summed E-state index contributed by atoms with van der Waals surface area (Å²) in [5, 5.41) is 4.89. The van der Waals surface area contributed by atoms with Crippen molar-refractivity contribution in [1.82, 2.24) is 0 Å². The Balaban J connectivity index is 1.84. The van der Waals surface area contributed by atoms with Crippen molar-refractivity contribution in [3.63, 3.8) is 0 Å². The molecule has 25 heavy (non-hydrogen) atoms. The molecule has 9 heteroatoms. The van der Waals surface area contributed by atoms with Crippen molar-refractivity contribution in [2.45, 2.75) is 13.0 Å². The van der Waals surface area contributed by atoms with Crippen molar-refractivity contribution in [3.8, 4) is 5.75 Å². The van der Waals surface area contributed by atoms with Crippen LogP contribution in [0.4, 0.5) is 5.00 Å². The van der Waals surface area contributed by atoms with E-state index in [2.05, 4.69) is 5.32 Å². The third-order valence-electron chi connectivity index (χ3n) is 3.00. The Morgan fingerprint density at radius 2 is 2.08 bits per heavy atom. The summed E-state index contributed by atoms with van der Waals surface area (Å²) in [5.41, 5.74) is 5.40. The fourth-order valence-corrected chi connectivity index (χ4v) is 2.77. The maximum Gasteiger partial charge on any atom is 0.344 e. The van der Waals surface area contributed by atoms with Crippen LogP contribution in [0, 0.1) is 0 Å². The molecular formula is C16H15ClN2O5S. The highest BCUT2D eigenvalue weighted by molar-refractivity contribution is 7.14. The lowest BCUT2D eigenvalue weighted by molar-refractivity contribution is -0.155. The first-order valence-corrected chi connectivity index (χ1v) is 8.38. The van der Waals surface area contributed by atoms with Crippen molar-refractivity contribution in [2.75, 3.05) is 11.9 Å². The highest BCUT2D eigenvalue weighted by Gasteiger charge is 2.20. The Morgan fingerprint density at radius 1 is 1.32 bits per heavy atom. The Kier molecular flexibility index (Phi) is 6.37. The third-order valence-corrected chi connectivity index (χ3v) is 4.06. The molecule has 1 atom stereocenters. The van der Waals surface area contributed by atoms with Gasteiger partial charge in [-0.25, -0.2) is 4.79 Å². The first-order valence-electron chi connectivity index (χ1n) is 7.13. The van der Waals surface area contributed by atoms with Crippen molar-refractivity contribution in [3.05, 3.63) is 46.3 Å². The van der Waals surface area contributed by atoms with Crippen molar-refractivity contribution < 1.29 is 23.9 Å². The maximum atomic E-state index is 12.0. The van der Waals surface area contributed by atoms with Gasteiger partial charge < -0.3 is 20.5 Å². The number of primary amides is 1. The number of amides is 2. The van der Waals surface area contributed by atoms with E-state index in [1.807, 2.05) is 0 Å². The molecule has 0 saturated heterocycles. The molecule has 0 unspecified atom stereocenters. The highest BCUT2D eigenvalue weighted by Crippen LogP contribution is 2.23. The molecule has 0 aliphatic heterocycles. The quantitative estimate of drug-likeness (QED) is 0.715. The number of esters is 1. The number of nitrogens with one attached hydrogen (secondary N) is 1. The molecule has 0 bridgehead atoms. The van der Waals surface area contributed by atoms with Gasteiger partial charge in [0, 0.05) is 5.02 Å². The molecule has 1 heterocycles. The summed E-state index contributed by atoms with van der Waals surface area (Å²) in [4.78, 5) is 35.0. The van der Waals surface area contributed by atoms with E-state index in [1.54, 1.807) is 29.6 Å². The summed E-state index contributed by atoms with van der Waals surface area (Å²) < 4.78 is 10.2. The minimum Gasteiger partial charge on any atom is -0.482 e. The molecule has 0 aliphatic rings. The third kappa shape index (κ3) is 5.47. The Morgan fingerprint density at radius 3 is 2.76 bits per heavy atom. The minimum absolute atomic E-state index is 0.196. The average molecular weight is 383 g/mol. The molecule has 2 rings (SSSR count). The smallest absolute Gasteiger partial charge is 0.344 e. The minimum atomic E-state index is -1.07. The van der Waals surface area contributed by atoms with E-state index in [1.165, 1.54) is 13.0 Å². The number of benzene rings is 1. The van der Waals surface area contributed by atoms with Crippen LogP contribution in [0.1, 0.15) is 17.3 Å². The summed E-state index contributed by atoms with van der Waals surface area (Å²) >= 11 is 6.95. The summed E-state index contributed by atoms with van der Waals surface area (Å²) in [6.07, 6.45) is -1.07. The van der Waals surface area contributed by atoms with Crippen LogP contribution in [0.5, 0.6) is 5.75 Å². The maximum absolute atomic E-state index is 12.0. The van der Waals surface area contributed by atoms with Gasteiger partial charge in [0.15, 0.2) is 12.7 Å². The fourth-order valence-electron chi connectivity index (χ4n) is 1.80. The van der Waals surface area contributed by atoms with Gasteiger partial charge >= 0.3 is 5.97 Å². The molecular weight excluding hydrogens is 368 g/mol. The Labute approximate surface area is 152 Å². The molecule has 0 fully saturated rings. The number of thiophene rings is 1. The van der Waals surface area contributed by atoms with Crippen molar-refractivity contribution >= 4 is 45.7 Å². The lowest BCUT2D eigenvalue weighted by Crippen LogP contribution is -2.32. The summed E-state index contributed by atoms with van der Waals surface area (Å²) in [6.45, 7) is 1.04. The van der Waals surface area contributed by atoms with E-state index in [0.717, 1.165) is 11.3 Å². The van der Waals surface area contributed by atoms with Gasteiger partial charge in [-0.15, -0.1) is 11.3 Å². The van der Waals surface area contributed by atoms with Crippen LogP contribution < -0.4 is 15.8 Å². The van der Waals surface area contributed by atoms with Crippen LogP contribution in [0.3, 0.4) is 0 Å². The number of halogens is 1. The van der Waals surface area contributed by atoms with Crippen LogP contribution in [0.25, 0.3) is 0 Å². The number of rotatable bonds is 7. The lowest BCUT2D eigenvalue weighted by Gasteiger charge is -2.13. The standard InChI is InChI=1S/C16H15ClN2O5S/c1-9(15(22)19-16-12(14(18)21)5-6-25-16)24-13(20)8-23-11-4-2-3-10(17)7-11/h2-7,9H,8H2,1H3,(H2,18,21)(H,19,22)/t9-/m0/s1. The second-order valence-corrected chi connectivity index (χ2v) is 6.25. The molecule has 1 aromatic carbocycles. The first kappa shape index (κ1) is 18.8. The van der Waals surface area contributed by atoms with E-state index >= 15 is 0 Å². The van der Waals surface area contributed by atoms with Crippen LogP contribution >= 0.6 is 22.9 Å². The number of carbonyl (C=O) groups is 3. The van der Waals surface area contributed by atoms with Crippen LogP contribution in [0.15, 0.2) is 35.7 Å². The largest absolute Gasteiger partial charge is 0.482 e. The number of carbonyl (C=O) groups excluding carboxylic acids is 3. The summed E-state index contributed by atoms with van der Waals surface area (Å²) in [6, 6.07) is 8.03. The van der Waals surface area contributed by atoms with Gasteiger partial charge in [-0.3, -0.25) is 9.59 Å². The van der Waals surface area contributed by atoms with Gasteiger partial charge in [-0.2, -0.15) is 0 Å². The van der Waals surface area contributed by atoms with Crippen molar-refractivity contribution in [2.24, 2.45) is 5.73 Å². The molecule has 0 saturated carbocycles. The summed E-state index contributed by atoms with van der Waals surface area (Å²) in [5.74, 6) is -1.55. The van der Waals surface area contributed by atoms with Gasteiger partial charge in [-0.1, -0.05) is 17.7 Å². The number of anilines is 1. The number of nitrogens with two attached hydrogens (primary N) is 1. The highest BCUT2D eigenvalue weighted by atomic mass is 35.5. The fraction of sp³-hybridized carbons (Fsp3) is 0.188. The van der Waals surface area contributed by atoms with Gasteiger partial charge in [-0.05, 0) is 36.6 Å². The Hall–Kier alpha value is -2.58. The number of hydrogen-bond acceptors (Lipinski definition) is 6. The van der Waals surface area contributed by atoms with Crippen LogP contribution in [-0.2, 0) is 14.3 Å². The molecule has 132 valence electrons. The molecule has 0 radical (unpaired) electrons. The van der Waals surface area contributed by atoms with Crippen LogP contribution in [0.2, 0.25) is 5.02 Å². The molecule has 3 N–H and O–H groups in total. The van der Waals surface area contributed by atoms with E-state index in [0.29, 0.717) is 15.8 Å². The number of ether oxygens (including phenoxy) is 2. The van der Waals surface area contributed by atoms with Gasteiger partial charge in [0.25, 0.3) is 11.8 Å². The molecule has 1 aromatic heterocycles. The normalized spacial score (nSPS) is 11.4. The van der Waals surface area contributed by atoms with Gasteiger partial charge in [0.2, 0.25) is 0 Å². The van der Waals surface area contributed by atoms with E-state index in [-0.39, 0.29) is 12.2 Å². The molecule has 2 aromatic rings. The molecule has 0 spiro atoms. The first-order chi connectivity index (χ1) is 11.9. The Bertz CT molecular complexity index is 792. The zero-order chi connectivity index (χ0) is 18.4. The van der Waals surface area contributed by atoms with E-state index in [9.17, 15) is 14.4 Å². The monoisotopic (exact) mass is 382 g/mol. The second kappa shape index (κ2) is 8.50. The SMILES string of the molecule is C[C@H](OC(=O)COc1cccc(Cl)c1)C(=O)Nc1sccc1C(N)=O. The zero-order valence-electron chi connectivity index (χ0n) is 13.2. The molecule has 2 amide bonds. The molecule has 7 nitrogen and oxygen atoms in total. The lowest BCUT2D eigenvalue weighted by atomic mass is 10.3. The van der Waals surface area contributed by atoms with Crippen LogP contribution in [-0.4, -0.2) is 30.5 Å². The van der Waals surface area contributed by atoms with Gasteiger partial charge in [0.05, 0.1) is 5.56 Å². The second-order valence-electron chi connectivity index (χ2n) is 4.90. The van der Waals surface area contributed by atoms with E-state index < -0.39 is 23.9 Å². The number of hydrogen-bond donors (Lipinski definition) is 2. The predicted octanol–water partition coefficient (Wildman–Crippen LogP) is 2.45. The summed E-state index contributed by atoms with van der Waals surface area (Å²) in [7, 11) is 0. The average Bonchev–Trinajstić information content (AvgIpc) is 3.01. The zero-order valence-corrected chi connectivity index (χ0v) is 14.7. The van der Waals surface area contributed by atoms with E-state index in [4.69, 9.17) is 26.8 Å². The predicted molar refractivity (Wildman–Crippen MR) is 94.0 cm³/mol. The topological polar surface area (TPSA) is 108 Å².